The molecule has 7 heteroatoms. The Kier molecular flexibility index (Phi) is 3.75. The highest BCUT2D eigenvalue weighted by Gasteiger charge is 2.03. The second kappa shape index (κ2) is 5.31. The van der Waals surface area contributed by atoms with Crippen molar-refractivity contribution in [3.8, 4) is 0 Å². The van der Waals surface area contributed by atoms with Gasteiger partial charge in [-0.2, -0.15) is 5.10 Å². The summed E-state index contributed by atoms with van der Waals surface area (Å²) in [6, 6.07) is 7.12. The van der Waals surface area contributed by atoms with E-state index in [4.69, 9.17) is 0 Å². The molecule has 0 saturated heterocycles. The molecule has 6 nitrogen and oxygen atoms in total. The average Bonchev–Trinajstić information content (AvgIpc) is 2.70. The molecule has 1 heterocycles. The number of sulfonamides is 1. The van der Waals surface area contributed by atoms with Gasteiger partial charge in [-0.3, -0.25) is 9.82 Å². The Hall–Kier alpha value is -2.02. The summed E-state index contributed by atoms with van der Waals surface area (Å²) in [5, 5.41) is 10.0. The van der Waals surface area contributed by atoms with E-state index in [9.17, 15) is 8.42 Å². The summed E-state index contributed by atoms with van der Waals surface area (Å²) in [7, 11) is -3.25. The quantitative estimate of drug-likeness (QED) is 0.778. The third-order valence-electron chi connectivity index (χ3n) is 2.58. The van der Waals surface area contributed by atoms with Crippen molar-refractivity contribution in [2.24, 2.45) is 0 Å². The fourth-order valence-electron chi connectivity index (χ4n) is 1.66. The van der Waals surface area contributed by atoms with Gasteiger partial charge in [0.2, 0.25) is 10.0 Å². The van der Waals surface area contributed by atoms with Crippen LogP contribution in [0.4, 0.5) is 11.4 Å². The molecule has 2 aromatic rings. The molecule has 0 amide bonds. The number of aromatic amines is 1. The van der Waals surface area contributed by atoms with Gasteiger partial charge in [-0.15, -0.1) is 0 Å². The fraction of sp³-hybridized carbons (Fsp3) is 0.250. The van der Waals surface area contributed by atoms with E-state index >= 15 is 0 Å². The highest BCUT2D eigenvalue weighted by Crippen LogP contribution is 2.17. The largest absolute Gasteiger partial charge is 0.381 e. The Balaban J connectivity index is 2.05. The zero-order valence-electron chi connectivity index (χ0n) is 10.8. The molecular formula is C12H16N4O2S. The first-order chi connectivity index (χ1) is 8.94. The predicted octanol–water partition coefficient (Wildman–Crippen LogP) is 1.70. The van der Waals surface area contributed by atoms with Gasteiger partial charge in [0, 0.05) is 23.5 Å². The van der Waals surface area contributed by atoms with E-state index in [1.807, 2.05) is 13.0 Å². The minimum Gasteiger partial charge on any atom is -0.381 e. The molecule has 0 spiro atoms. The van der Waals surface area contributed by atoms with Crippen LogP contribution in [0, 0.1) is 6.92 Å². The van der Waals surface area contributed by atoms with Crippen molar-refractivity contribution in [3.63, 3.8) is 0 Å². The van der Waals surface area contributed by atoms with Gasteiger partial charge in [-0.1, -0.05) is 6.07 Å². The molecule has 0 fully saturated rings. The molecule has 2 rings (SSSR count). The van der Waals surface area contributed by atoms with Crippen LogP contribution >= 0.6 is 0 Å². The van der Waals surface area contributed by atoms with Crippen molar-refractivity contribution in [1.82, 2.24) is 10.2 Å². The maximum Gasteiger partial charge on any atom is 0.229 e. The number of rotatable bonds is 5. The Morgan fingerprint density at radius 1 is 1.32 bits per heavy atom. The monoisotopic (exact) mass is 280 g/mol. The van der Waals surface area contributed by atoms with Crippen molar-refractivity contribution in [2.75, 3.05) is 16.3 Å². The van der Waals surface area contributed by atoms with Gasteiger partial charge in [0.25, 0.3) is 0 Å². The van der Waals surface area contributed by atoms with Crippen molar-refractivity contribution < 1.29 is 8.42 Å². The van der Waals surface area contributed by atoms with E-state index in [0.717, 1.165) is 23.2 Å². The van der Waals surface area contributed by atoms with Gasteiger partial charge in [0.05, 0.1) is 18.1 Å². The summed E-state index contributed by atoms with van der Waals surface area (Å²) in [6.45, 7) is 2.58. The summed E-state index contributed by atoms with van der Waals surface area (Å²) in [5.74, 6) is 0. The predicted molar refractivity (Wildman–Crippen MR) is 75.6 cm³/mol. The molecule has 102 valence electrons. The molecule has 0 atom stereocenters. The van der Waals surface area contributed by atoms with Crippen molar-refractivity contribution >= 4 is 21.4 Å². The van der Waals surface area contributed by atoms with Crippen LogP contribution in [0.3, 0.4) is 0 Å². The maximum atomic E-state index is 11.2. The number of hydrogen-bond donors (Lipinski definition) is 3. The fourth-order valence-corrected chi connectivity index (χ4v) is 2.21. The first-order valence-electron chi connectivity index (χ1n) is 5.74. The van der Waals surface area contributed by atoms with E-state index in [1.54, 1.807) is 24.4 Å². The summed E-state index contributed by atoms with van der Waals surface area (Å²) in [6.07, 6.45) is 2.89. The SMILES string of the molecule is Cc1[nH]ncc1CNc1cccc(NS(C)(=O)=O)c1. The highest BCUT2D eigenvalue weighted by molar-refractivity contribution is 7.92. The number of aryl methyl sites for hydroxylation is 1. The van der Waals surface area contributed by atoms with Crippen LogP contribution in [0.1, 0.15) is 11.3 Å². The zero-order valence-corrected chi connectivity index (χ0v) is 11.6. The van der Waals surface area contributed by atoms with Crippen LogP contribution in [0.25, 0.3) is 0 Å². The van der Waals surface area contributed by atoms with Gasteiger partial charge >= 0.3 is 0 Å². The molecule has 1 aromatic heterocycles. The molecule has 1 aromatic carbocycles. The van der Waals surface area contributed by atoms with E-state index in [2.05, 4.69) is 20.2 Å². The van der Waals surface area contributed by atoms with Crippen LogP contribution in [-0.4, -0.2) is 24.9 Å². The van der Waals surface area contributed by atoms with Crippen molar-refractivity contribution in [2.45, 2.75) is 13.5 Å². The number of nitrogens with one attached hydrogen (secondary N) is 3. The number of nitrogens with zero attached hydrogens (tertiary/aromatic N) is 1. The van der Waals surface area contributed by atoms with Crippen LogP contribution < -0.4 is 10.0 Å². The van der Waals surface area contributed by atoms with Crippen LogP contribution in [0.5, 0.6) is 0 Å². The average molecular weight is 280 g/mol. The minimum atomic E-state index is -3.25. The lowest BCUT2D eigenvalue weighted by molar-refractivity contribution is 0.607. The number of aromatic nitrogens is 2. The molecule has 0 aliphatic rings. The molecule has 0 bridgehead atoms. The zero-order chi connectivity index (χ0) is 13.9. The molecule has 0 unspecified atom stereocenters. The van der Waals surface area contributed by atoms with Gasteiger partial charge < -0.3 is 5.32 Å². The molecule has 0 radical (unpaired) electrons. The first-order valence-corrected chi connectivity index (χ1v) is 7.64. The van der Waals surface area contributed by atoms with Gasteiger partial charge in [-0.05, 0) is 25.1 Å². The molecule has 0 aliphatic carbocycles. The number of H-pyrrole nitrogens is 1. The summed E-state index contributed by atoms with van der Waals surface area (Å²) >= 11 is 0. The van der Waals surface area contributed by atoms with Gasteiger partial charge in [0.15, 0.2) is 0 Å². The lowest BCUT2D eigenvalue weighted by Crippen LogP contribution is -2.09. The maximum absolute atomic E-state index is 11.2. The smallest absolute Gasteiger partial charge is 0.229 e. The van der Waals surface area contributed by atoms with E-state index in [-0.39, 0.29) is 0 Å². The van der Waals surface area contributed by atoms with Gasteiger partial charge in [-0.25, -0.2) is 8.42 Å². The Bertz CT molecular complexity index is 664. The van der Waals surface area contributed by atoms with E-state index in [1.165, 1.54) is 0 Å². The molecular weight excluding hydrogens is 264 g/mol. The second-order valence-electron chi connectivity index (χ2n) is 4.33. The van der Waals surface area contributed by atoms with Crippen LogP contribution in [0.2, 0.25) is 0 Å². The summed E-state index contributed by atoms with van der Waals surface area (Å²) in [4.78, 5) is 0. The summed E-state index contributed by atoms with van der Waals surface area (Å²) < 4.78 is 24.8. The third kappa shape index (κ3) is 3.99. The topological polar surface area (TPSA) is 86.9 Å². The van der Waals surface area contributed by atoms with Crippen LogP contribution in [0.15, 0.2) is 30.5 Å². The number of hydrogen-bond acceptors (Lipinski definition) is 4. The lowest BCUT2D eigenvalue weighted by Gasteiger charge is -2.08. The second-order valence-corrected chi connectivity index (χ2v) is 6.08. The Labute approximate surface area is 112 Å². The van der Waals surface area contributed by atoms with Gasteiger partial charge in [0.1, 0.15) is 0 Å². The highest BCUT2D eigenvalue weighted by atomic mass is 32.2. The molecule has 19 heavy (non-hydrogen) atoms. The van der Waals surface area contributed by atoms with E-state index < -0.39 is 10.0 Å². The van der Waals surface area contributed by atoms with Crippen molar-refractivity contribution in [1.29, 1.82) is 0 Å². The van der Waals surface area contributed by atoms with E-state index in [0.29, 0.717) is 12.2 Å². The third-order valence-corrected chi connectivity index (χ3v) is 3.19. The molecule has 0 saturated carbocycles. The number of anilines is 2. The Morgan fingerprint density at radius 3 is 2.68 bits per heavy atom. The first kappa shape index (κ1) is 13.4. The number of benzene rings is 1. The Morgan fingerprint density at radius 2 is 2.05 bits per heavy atom. The molecule has 3 N–H and O–H groups in total. The van der Waals surface area contributed by atoms with Crippen LogP contribution in [-0.2, 0) is 16.6 Å². The normalized spacial score (nSPS) is 11.3. The summed E-state index contributed by atoms with van der Waals surface area (Å²) in [5.41, 5.74) is 3.46. The minimum absolute atomic E-state index is 0.538. The standard InChI is InChI=1S/C12H16N4O2S/c1-9-10(8-14-15-9)7-13-11-4-3-5-12(6-11)16-19(2,17)18/h3-6,8,13,16H,7H2,1-2H3,(H,14,15). The lowest BCUT2D eigenvalue weighted by atomic mass is 10.2. The van der Waals surface area contributed by atoms with Crippen molar-refractivity contribution in [3.05, 3.63) is 41.7 Å². The molecule has 0 aliphatic heterocycles.